The Kier molecular flexibility index (Phi) is 5.22. The number of hydrogen-bond acceptors (Lipinski definition) is 7. The molecule has 2 atom stereocenters. The van der Waals surface area contributed by atoms with Crippen LogP contribution in [-0.2, 0) is 11.8 Å². The van der Waals surface area contributed by atoms with Crippen molar-refractivity contribution in [1.29, 1.82) is 0 Å². The zero-order valence-electron chi connectivity index (χ0n) is 14.9. The zero-order valence-corrected chi connectivity index (χ0v) is 16.6. The van der Waals surface area contributed by atoms with Gasteiger partial charge in [-0.25, -0.2) is 0 Å². The van der Waals surface area contributed by atoms with Crippen molar-refractivity contribution in [2.24, 2.45) is 11.5 Å². The molecule has 0 bridgehead atoms. The smallest absolute Gasteiger partial charge is 0.258 e. The Bertz CT molecular complexity index is 898. The second-order valence-electron chi connectivity index (χ2n) is 6.44. The van der Waals surface area contributed by atoms with Gasteiger partial charge in [-0.1, -0.05) is 12.1 Å². The fraction of sp³-hybridized carbons (Fsp3) is 0.412. The summed E-state index contributed by atoms with van der Waals surface area (Å²) in [6, 6.07) is 3.84. The number of hydrogen-bond donors (Lipinski definition) is 3. The molecule has 26 heavy (non-hydrogen) atoms. The number of nitrogens with one attached hydrogen (secondary N) is 1. The monoisotopic (exact) mass is 390 g/mol. The van der Waals surface area contributed by atoms with E-state index in [1.807, 2.05) is 19.9 Å². The first kappa shape index (κ1) is 18.7. The van der Waals surface area contributed by atoms with E-state index in [0.29, 0.717) is 17.1 Å². The van der Waals surface area contributed by atoms with Gasteiger partial charge in [-0.15, -0.1) is 32.9 Å². The number of primary amides is 1. The molecule has 0 aliphatic carbocycles. The number of aryl methyl sites for hydroxylation is 2. The minimum Gasteiger partial charge on any atom is -0.365 e. The topological polar surface area (TPSA) is 124 Å². The summed E-state index contributed by atoms with van der Waals surface area (Å²) in [4.78, 5) is 14.4. The van der Waals surface area contributed by atoms with Crippen LogP contribution in [0.5, 0.6) is 0 Å². The van der Waals surface area contributed by atoms with Crippen LogP contribution in [0.4, 0.5) is 0 Å². The number of nitrogens with zero attached hydrogens (tertiary/aromatic N) is 3. The molecule has 0 aliphatic heterocycles. The molecule has 0 saturated carbocycles. The molecule has 1 amide bonds. The van der Waals surface area contributed by atoms with Gasteiger partial charge in [0.05, 0.1) is 4.88 Å². The first-order chi connectivity index (χ1) is 12.4. The minimum atomic E-state index is -0.664. The number of aromatic nitrogens is 4. The Morgan fingerprint density at radius 2 is 2.19 bits per heavy atom. The largest absolute Gasteiger partial charge is 0.365 e. The summed E-state index contributed by atoms with van der Waals surface area (Å²) in [5.74, 6) is 0.127. The van der Waals surface area contributed by atoms with Crippen molar-refractivity contribution in [1.82, 2.24) is 20.6 Å². The third-order valence-corrected chi connectivity index (χ3v) is 6.95. The average molecular weight is 391 g/mol. The lowest BCUT2D eigenvalue weighted by Gasteiger charge is -2.32. The Balaban J connectivity index is 2.36. The van der Waals surface area contributed by atoms with Gasteiger partial charge in [0.1, 0.15) is 5.41 Å². The van der Waals surface area contributed by atoms with Crippen LogP contribution in [0.25, 0.3) is 0 Å². The first-order valence-corrected chi connectivity index (χ1v) is 10.1. The quantitative estimate of drug-likeness (QED) is 0.571. The van der Waals surface area contributed by atoms with Gasteiger partial charge in [0, 0.05) is 15.8 Å². The van der Waals surface area contributed by atoms with E-state index in [0.717, 1.165) is 21.7 Å². The van der Waals surface area contributed by atoms with Crippen LogP contribution in [0, 0.1) is 6.92 Å². The van der Waals surface area contributed by atoms with Gasteiger partial charge in [0.2, 0.25) is 0 Å². The SMILES string of the molecule is CCc1ccsc1C(CC(C)N)(c1nn[nH]n1)c1sc(C(N)=O)cc1C. The van der Waals surface area contributed by atoms with Crippen molar-refractivity contribution in [2.45, 2.75) is 45.1 Å². The van der Waals surface area contributed by atoms with Crippen LogP contribution in [0.1, 0.15) is 56.6 Å². The zero-order chi connectivity index (χ0) is 18.9. The summed E-state index contributed by atoms with van der Waals surface area (Å²) in [5, 5.41) is 17.1. The molecule has 7 nitrogen and oxygen atoms in total. The van der Waals surface area contributed by atoms with Crippen molar-refractivity contribution >= 4 is 28.6 Å². The van der Waals surface area contributed by atoms with E-state index in [9.17, 15) is 4.79 Å². The molecule has 3 aromatic rings. The molecule has 2 unspecified atom stereocenters. The van der Waals surface area contributed by atoms with Crippen molar-refractivity contribution in [3.8, 4) is 0 Å². The van der Waals surface area contributed by atoms with Crippen LogP contribution >= 0.6 is 22.7 Å². The molecule has 0 spiro atoms. The predicted octanol–water partition coefficient (Wildman–Crippen LogP) is 2.36. The molecule has 3 heterocycles. The van der Waals surface area contributed by atoms with Crippen LogP contribution in [0.3, 0.4) is 0 Å². The van der Waals surface area contributed by atoms with E-state index in [2.05, 4.69) is 39.0 Å². The van der Waals surface area contributed by atoms with E-state index in [-0.39, 0.29) is 6.04 Å². The number of aromatic amines is 1. The molecular weight excluding hydrogens is 368 g/mol. The lowest BCUT2D eigenvalue weighted by Crippen LogP contribution is -2.37. The van der Waals surface area contributed by atoms with Gasteiger partial charge in [-0.3, -0.25) is 4.79 Å². The van der Waals surface area contributed by atoms with E-state index in [4.69, 9.17) is 11.5 Å². The first-order valence-electron chi connectivity index (χ1n) is 8.37. The maximum atomic E-state index is 11.8. The highest BCUT2D eigenvalue weighted by Crippen LogP contribution is 2.48. The van der Waals surface area contributed by atoms with Crippen LogP contribution in [0.15, 0.2) is 17.5 Å². The van der Waals surface area contributed by atoms with Gasteiger partial charge >= 0.3 is 0 Å². The normalized spacial score (nSPS) is 14.9. The van der Waals surface area contributed by atoms with Gasteiger partial charge in [0.15, 0.2) is 5.82 Å². The number of H-pyrrole nitrogens is 1. The Labute approximate surface area is 159 Å². The van der Waals surface area contributed by atoms with E-state index >= 15 is 0 Å². The van der Waals surface area contributed by atoms with Gasteiger partial charge < -0.3 is 11.5 Å². The number of tetrazole rings is 1. The second-order valence-corrected chi connectivity index (χ2v) is 8.41. The number of rotatable bonds is 7. The standard InChI is InChI=1S/C17H22N6OS2/c1-4-11-5-6-25-14(11)17(8-10(3)18,16-20-22-23-21-16)13-9(2)7-12(26-13)15(19)24/h5-7,10H,4,8,18H2,1-3H3,(H2,19,24)(H,20,21,22,23). The molecule has 0 fully saturated rings. The number of nitrogens with two attached hydrogens (primary N) is 2. The molecule has 0 saturated heterocycles. The number of carbonyl (C=O) groups is 1. The van der Waals surface area contributed by atoms with Crippen LogP contribution in [-0.4, -0.2) is 32.6 Å². The van der Waals surface area contributed by atoms with Gasteiger partial charge in [0.25, 0.3) is 5.91 Å². The van der Waals surface area contributed by atoms with E-state index < -0.39 is 11.3 Å². The number of amides is 1. The summed E-state index contributed by atoms with van der Waals surface area (Å²) in [6.07, 6.45) is 1.48. The van der Waals surface area contributed by atoms with Crippen LogP contribution < -0.4 is 11.5 Å². The van der Waals surface area contributed by atoms with E-state index in [1.54, 1.807) is 11.3 Å². The van der Waals surface area contributed by atoms with Crippen molar-refractivity contribution < 1.29 is 4.79 Å². The summed E-state index contributed by atoms with van der Waals surface area (Å²) < 4.78 is 0. The molecule has 0 aliphatic rings. The fourth-order valence-corrected chi connectivity index (χ4v) is 5.93. The average Bonchev–Trinajstić information content (AvgIpc) is 3.33. The van der Waals surface area contributed by atoms with Crippen molar-refractivity contribution in [3.05, 3.63) is 49.1 Å². The Morgan fingerprint density at radius 3 is 2.73 bits per heavy atom. The predicted molar refractivity (Wildman–Crippen MR) is 104 cm³/mol. The summed E-state index contributed by atoms with van der Waals surface area (Å²) in [7, 11) is 0. The molecule has 3 aromatic heterocycles. The maximum absolute atomic E-state index is 11.8. The highest BCUT2D eigenvalue weighted by molar-refractivity contribution is 7.15. The molecular formula is C17H22N6OS2. The third-order valence-electron chi connectivity index (χ3n) is 4.42. The fourth-order valence-electron chi connectivity index (χ4n) is 3.42. The molecule has 0 radical (unpaired) electrons. The lowest BCUT2D eigenvalue weighted by atomic mass is 9.75. The van der Waals surface area contributed by atoms with Crippen molar-refractivity contribution in [3.63, 3.8) is 0 Å². The number of thiophene rings is 2. The second kappa shape index (κ2) is 7.26. The highest BCUT2D eigenvalue weighted by atomic mass is 32.1. The summed E-state index contributed by atoms with van der Waals surface area (Å²) in [5.41, 5.74) is 13.3. The van der Waals surface area contributed by atoms with E-state index in [1.165, 1.54) is 16.9 Å². The molecule has 138 valence electrons. The summed E-state index contributed by atoms with van der Waals surface area (Å²) >= 11 is 3.04. The highest BCUT2D eigenvalue weighted by Gasteiger charge is 2.45. The lowest BCUT2D eigenvalue weighted by molar-refractivity contribution is 0.100. The van der Waals surface area contributed by atoms with Crippen molar-refractivity contribution in [2.75, 3.05) is 0 Å². The maximum Gasteiger partial charge on any atom is 0.258 e. The summed E-state index contributed by atoms with van der Waals surface area (Å²) in [6.45, 7) is 6.06. The third kappa shape index (κ3) is 3.06. The van der Waals surface area contributed by atoms with Crippen LogP contribution in [0.2, 0.25) is 0 Å². The molecule has 9 heteroatoms. The Morgan fingerprint density at radius 1 is 1.42 bits per heavy atom. The number of carbonyl (C=O) groups excluding carboxylic acids is 1. The molecule has 5 N–H and O–H groups in total. The molecule has 3 rings (SSSR count). The minimum absolute atomic E-state index is 0.112. The van der Waals surface area contributed by atoms with Gasteiger partial charge in [-0.05, 0) is 55.3 Å². The molecule has 0 aromatic carbocycles. The van der Waals surface area contributed by atoms with Gasteiger partial charge in [-0.2, -0.15) is 5.21 Å². The Hall–Kier alpha value is -2.10.